The van der Waals surface area contributed by atoms with Gasteiger partial charge >= 0.3 is 5.65 Å². The van der Waals surface area contributed by atoms with Crippen LogP contribution < -0.4 is 4.52 Å². The van der Waals surface area contributed by atoms with Crippen LogP contribution in [-0.2, 0) is 0 Å². The molecule has 7 heteroatoms. The third-order valence-corrected chi connectivity index (χ3v) is 3.55. The third-order valence-electron chi connectivity index (χ3n) is 2.91. The second kappa shape index (κ2) is 3.20. The van der Waals surface area contributed by atoms with Gasteiger partial charge in [-0.3, -0.25) is 0 Å². The second-order valence-electron chi connectivity index (χ2n) is 3.92. The third kappa shape index (κ3) is 1.04. The smallest absolute Gasteiger partial charge is 0.346 e. The lowest BCUT2D eigenvalue weighted by atomic mass is 10.3. The molecule has 0 aliphatic carbocycles. The molecule has 88 valence electrons. The Balaban J connectivity index is 2.40. The normalized spacial score (nSPS) is 11.8. The molecule has 4 aromatic rings. The minimum absolute atomic E-state index is 0.301. The molecule has 1 aromatic carbocycles. The predicted octanol–water partition coefficient (Wildman–Crippen LogP) is 1.53. The zero-order chi connectivity index (χ0) is 12.3. The Morgan fingerprint density at radius 2 is 2.06 bits per heavy atom. The van der Waals surface area contributed by atoms with E-state index in [1.54, 1.807) is 10.7 Å². The van der Waals surface area contributed by atoms with Crippen molar-refractivity contribution in [2.24, 2.45) is 0 Å². The molecule has 0 saturated heterocycles. The number of nitrogens with zero attached hydrogens (tertiary/aromatic N) is 5. The first-order valence-corrected chi connectivity index (χ1v) is 6.07. The van der Waals surface area contributed by atoms with E-state index >= 15 is 0 Å². The van der Waals surface area contributed by atoms with Crippen molar-refractivity contribution in [2.45, 2.75) is 0 Å². The van der Waals surface area contributed by atoms with Gasteiger partial charge in [0.25, 0.3) is 5.65 Å². The maximum atomic E-state index is 12.3. The predicted molar refractivity (Wildman–Crippen MR) is 68.1 cm³/mol. The van der Waals surface area contributed by atoms with Crippen molar-refractivity contribution >= 4 is 38.1 Å². The quantitative estimate of drug-likeness (QED) is 0.463. The first kappa shape index (κ1) is 9.84. The number of benzene rings is 1. The van der Waals surface area contributed by atoms with E-state index in [0.29, 0.717) is 11.3 Å². The van der Waals surface area contributed by atoms with Gasteiger partial charge in [-0.25, -0.2) is 4.98 Å². The summed E-state index contributed by atoms with van der Waals surface area (Å²) < 4.78 is 4.06. The molecular weight excluding hydrogens is 298 g/mol. The minimum atomic E-state index is 0.301. The lowest BCUT2D eigenvalue weighted by molar-refractivity contribution is -0.593. The van der Waals surface area contributed by atoms with Gasteiger partial charge in [-0.2, -0.15) is 4.85 Å². The molecule has 0 amide bonds. The summed E-state index contributed by atoms with van der Waals surface area (Å²) in [4.78, 5) is 9.00. The number of aromatic nitrogens is 5. The van der Waals surface area contributed by atoms with Gasteiger partial charge in [-0.05, 0) is 28.1 Å². The van der Waals surface area contributed by atoms with E-state index in [9.17, 15) is 5.21 Å². The fraction of sp³-hybridized carbons (Fsp3) is 0. The molecule has 3 aromatic heterocycles. The van der Waals surface area contributed by atoms with E-state index in [2.05, 4.69) is 25.9 Å². The molecule has 0 atom stereocenters. The molecular formula is C11H6BrN5O. The minimum Gasteiger partial charge on any atom is -0.724 e. The monoisotopic (exact) mass is 303 g/mol. The molecule has 4 rings (SSSR count). The highest BCUT2D eigenvalue weighted by molar-refractivity contribution is 9.10. The van der Waals surface area contributed by atoms with Crippen LogP contribution in [0.5, 0.6) is 0 Å². The molecule has 6 nitrogen and oxygen atoms in total. The summed E-state index contributed by atoms with van der Waals surface area (Å²) in [5.74, 6) is 0. The summed E-state index contributed by atoms with van der Waals surface area (Å²) in [7, 11) is 0. The summed E-state index contributed by atoms with van der Waals surface area (Å²) >= 11 is 3.46. The number of para-hydroxylation sites is 1. The molecule has 0 unspecified atom stereocenters. The fourth-order valence-corrected chi connectivity index (χ4v) is 2.72. The Kier molecular flexibility index (Phi) is 1.75. The van der Waals surface area contributed by atoms with Gasteiger partial charge in [-0.15, -0.1) is 9.50 Å². The van der Waals surface area contributed by atoms with Crippen molar-refractivity contribution in [3.05, 3.63) is 46.5 Å². The first-order valence-electron chi connectivity index (χ1n) is 5.28. The van der Waals surface area contributed by atoms with Crippen LogP contribution in [0.1, 0.15) is 0 Å². The molecule has 18 heavy (non-hydrogen) atoms. The Morgan fingerprint density at radius 3 is 2.94 bits per heavy atom. The highest BCUT2D eigenvalue weighted by Gasteiger charge is 2.20. The maximum absolute atomic E-state index is 12.3. The van der Waals surface area contributed by atoms with Gasteiger partial charge in [0.05, 0.1) is 6.20 Å². The van der Waals surface area contributed by atoms with E-state index in [1.165, 1.54) is 10.8 Å². The molecule has 0 fully saturated rings. The van der Waals surface area contributed by atoms with Gasteiger partial charge in [-0.1, -0.05) is 10.7 Å². The highest BCUT2D eigenvalue weighted by atomic mass is 79.9. The summed E-state index contributed by atoms with van der Waals surface area (Å²) in [6.07, 6.45) is 4.95. The van der Waals surface area contributed by atoms with E-state index in [1.807, 2.05) is 24.4 Å². The van der Waals surface area contributed by atoms with Crippen LogP contribution in [0.4, 0.5) is 0 Å². The zero-order valence-corrected chi connectivity index (χ0v) is 10.6. The SMILES string of the molecule is [O-]n1c2nccnc2[n+]2cc3cccc(Br)c3n12. The Labute approximate surface area is 109 Å². The van der Waals surface area contributed by atoms with Crippen LogP contribution in [0.3, 0.4) is 0 Å². The molecule has 0 spiro atoms. The summed E-state index contributed by atoms with van der Waals surface area (Å²) in [5, 5.41) is 13.2. The van der Waals surface area contributed by atoms with E-state index in [4.69, 9.17) is 0 Å². The van der Waals surface area contributed by atoms with Crippen LogP contribution in [0, 0.1) is 5.21 Å². The van der Waals surface area contributed by atoms with Gasteiger partial charge in [0.1, 0.15) is 17.9 Å². The average Bonchev–Trinajstić information content (AvgIpc) is 2.89. The number of hydrogen-bond donors (Lipinski definition) is 0. The summed E-state index contributed by atoms with van der Waals surface area (Å²) in [5.41, 5.74) is 1.64. The second-order valence-corrected chi connectivity index (χ2v) is 4.77. The number of rotatable bonds is 0. The fourth-order valence-electron chi connectivity index (χ4n) is 2.18. The Bertz CT molecular complexity index is 910. The van der Waals surface area contributed by atoms with Crippen molar-refractivity contribution in [3.63, 3.8) is 0 Å². The van der Waals surface area contributed by atoms with Crippen LogP contribution >= 0.6 is 15.9 Å². The largest absolute Gasteiger partial charge is 0.724 e. The summed E-state index contributed by atoms with van der Waals surface area (Å²) in [6.45, 7) is 0. The Hall–Kier alpha value is -2.15. The van der Waals surface area contributed by atoms with Crippen LogP contribution in [0.15, 0.2) is 41.3 Å². The molecule has 3 heterocycles. The van der Waals surface area contributed by atoms with Gasteiger partial charge in [0, 0.05) is 9.86 Å². The first-order chi connectivity index (χ1) is 8.77. The van der Waals surface area contributed by atoms with Crippen LogP contribution in [0.25, 0.3) is 22.2 Å². The lowest BCUT2D eigenvalue weighted by Gasteiger charge is -2.01. The molecule has 0 bridgehead atoms. The van der Waals surface area contributed by atoms with Gasteiger partial charge in [0.15, 0.2) is 0 Å². The van der Waals surface area contributed by atoms with Crippen molar-refractivity contribution < 1.29 is 4.52 Å². The number of fused-ring (bicyclic) bond motifs is 5. The molecule has 0 aliphatic heterocycles. The van der Waals surface area contributed by atoms with Gasteiger partial charge < -0.3 is 5.21 Å². The van der Waals surface area contributed by atoms with Crippen molar-refractivity contribution in [1.29, 1.82) is 0 Å². The lowest BCUT2D eigenvalue weighted by Crippen LogP contribution is -2.26. The Morgan fingerprint density at radius 1 is 1.22 bits per heavy atom. The van der Waals surface area contributed by atoms with Crippen molar-refractivity contribution in [3.8, 4) is 0 Å². The molecule has 0 N–H and O–H groups in total. The molecule has 0 saturated carbocycles. The topological polar surface area (TPSA) is 62.3 Å². The zero-order valence-electron chi connectivity index (χ0n) is 8.99. The van der Waals surface area contributed by atoms with Crippen molar-refractivity contribution in [1.82, 2.24) is 19.4 Å². The number of halogens is 1. The number of hydrogen-bond acceptors (Lipinski definition) is 3. The standard InChI is InChI=1S/C11H6BrN5O/c12-8-3-1-2-7-6-15-10-11(14-5-4-13-10)17(18)16(15)9(7)8/h1-6H. The summed E-state index contributed by atoms with van der Waals surface area (Å²) in [6, 6.07) is 5.77. The van der Waals surface area contributed by atoms with Crippen LogP contribution in [-0.4, -0.2) is 19.4 Å². The molecule has 0 radical (unpaired) electrons. The van der Waals surface area contributed by atoms with E-state index in [0.717, 1.165) is 20.2 Å². The van der Waals surface area contributed by atoms with E-state index < -0.39 is 0 Å². The van der Waals surface area contributed by atoms with Crippen molar-refractivity contribution in [2.75, 3.05) is 0 Å². The molecule has 0 aliphatic rings. The maximum Gasteiger partial charge on any atom is 0.346 e. The van der Waals surface area contributed by atoms with Crippen LogP contribution in [0.2, 0.25) is 0 Å². The average molecular weight is 304 g/mol. The van der Waals surface area contributed by atoms with E-state index in [-0.39, 0.29) is 0 Å². The highest BCUT2D eigenvalue weighted by Crippen LogP contribution is 2.23. The van der Waals surface area contributed by atoms with Gasteiger partial charge in [0.2, 0.25) is 0 Å².